The summed E-state index contributed by atoms with van der Waals surface area (Å²) in [6.07, 6.45) is 2.08. The third-order valence-corrected chi connectivity index (χ3v) is 11.1. The van der Waals surface area contributed by atoms with Gasteiger partial charge in [-0.05, 0) is 59.7 Å². The maximum absolute atomic E-state index is 6.49. The monoisotopic (exact) mass is 757 g/mol. The molecule has 0 bridgehead atoms. The number of para-hydroxylation sites is 1. The van der Waals surface area contributed by atoms with E-state index < -0.39 is 0 Å². The zero-order valence-corrected chi connectivity index (χ0v) is 31.5. The second-order valence-electron chi connectivity index (χ2n) is 14.6. The van der Waals surface area contributed by atoms with Gasteiger partial charge in [-0.2, -0.15) is 0 Å². The van der Waals surface area contributed by atoms with Crippen molar-refractivity contribution >= 4 is 49.5 Å². The Bertz CT molecular complexity index is 3510. The van der Waals surface area contributed by atoms with Gasteiger partial charge in [0.25, 0.3) is 0 Å². The normalized spacial score (nSPS) is 11.7. The number of imidazole rings is 1. The third kappa shape index (κ3) is 5.44. The first-order valence-corrected chi connectivity index (χ1v) is 19.5. The zero-order chi connectivity index (χ0) is 38.9. The van der Waals surface area contributed by atoms with Crippen molar-refractivity contribution < 1.29 is 8.83 Å². The fourth-order valence-electron chi connectivity index (χ4n) is 8.39. The van der Waals surface area contributed by atoms with Crippen LogP contribution in [-0.2, 0) is 0 Å². The summed E-state index contributed by atoms with van der Waals surface area (Å²) in [7, 11) is 0. The Labute approximate surface area is 337 Å². The average molecular weight is 758 g/mol. The van der Waals surface area contributed by atoms with E-state index in [9.17, 15) is 0 Å². The van der Waals surface area contributed by atoms with Gasteiger partial charge < -0.3 is 8.83 Å². The van der Waals surface area contributed by atoms with E-state index in [1.54, 1.807) is 0 Å². The predicted octanol–water partition coefficient (Wildman–Crippen LogP) is 13.3. The zero-order valence-electron chi connectivity index (χ0n) is 31.5. The van der Waals surface area contributed by atoms with Gasteiger partial charge in [-0.1, -0.05) is 133 Å². The number of fused-ring (bicyclic) bond motifs is 7. The second-order valence-corrected chi connectivity index (χ2v) is 14.6. The van der Waals surface area contributed by atoms with Crippen LogP contribution in [0.4, 0.5) is 0 Å². The molecule has 276 valence electrons. The van der Waals surface area contributed by atoms with E-state index in [-0.39, 0.29) is 0 Å². The molecule has 5 heterocycles. The molecular formula is C52H31N5O2. The van der Waals surface area contributed by atoms with Gasteiger partial charge in [0.15, 0.2) is 17.5 Å². The number of rotatable bonds is 6. The Morgan fingerprint density at radius 3 is 1.68 bits per heavy atom. The fraction of sp³-hybridized carbons (Fsp3) is 0. The van der Waals surface area contributed by atoms with Crippen molar-refractivity contribution in [2.75, 3.05) is 0 Å². The summed E-state index contributed by atoms with van der Waals surface area (Å²) in [5.74, 6) is 1.80. The van der Waals surface area contributed by atoms with Gasteiger partial charge in [0.05, 0.1) is 11.4 Å². The van der Waals surface area contributed by atoms with Gasteiger partial charge in [-0.3, -0.25) is 4.40 Å². The summed E-state index contributed by atoms with van der Waals surface area (Å²) in [6, 6.07) is 61.8. The molecule has 0 amide bonds. The lowest BCUT2D eigenvalue weighted by atomic mass is 9.96. The minimum Gasteiger partial charge on any atom is -0.456 e. The van der Waals surface area contributed by atoms with Gasteiger partial charge >= 0.3 is 0 Å². The molecule has 5 aromatic heterocycles. The van der Waals surface area contributed by atoms with E-state index in [1.165, 1.54) is 0 Å². The molecule has 0 aliphatic heterocycles. The molecule has 7 nitrogen and oxygen atoms in total. The Morgan fingerprint density at radius 2 is 0.915 bits per heavy atom. The predicted molar refractivity (Wildman–Crippen MR) is 236 cm³/mol. The molecule has 0 saturated carbocycles. The lowest BCUT2D eigenvalue weighted by Gasteiger charge is -2.10. The molecule has 0 aliphatic rings. The van der Waals surface area contributed by atoms with Crippen molar-refractivity contribution in [3.05, 3.63) is 188 Å². The number of aromatic nitrogens is 5. The SMILES string of the molecule is c1ccc(-c2nc(-c3ccccc3)nc(-c3cccc4oc5ccc(-c6cccc(-c7nc8ccccn8c7-c7cccc8oc9ccccc9c78)c6)cc5c34)n2)cc1. The van der Waals surface area contributed by atoms with Crippen LogP contribution in [0.25, 0.3) is 117 Å². The molecular weight excluding hydrogens is 727 g/mol. The first-order chi connectivity index (χ1) is 29.2. The maximum atomic E-state index is 6.49. The number of furan rings is 2. The summed E-state index contributed by atoms with van der Waals surface area (Å²) in [5.41, 5.74) is 12.9. The van der Waals surface area contributed by atoms with E-state index >= 15 is 0 Å². The van der Waals surface area contributed by atoms with Crippen LogP contribution in [0.2, 0.25) is 0 Å². The number of hydrogen-bond acceptors (Lipinski definition) is 6. The number of nitrogens with zero attached hydrogens (tertiary/aromatic N) is 5. The van der Waals surface area contributed by atoms with Crippen molar-refractivity contribution in [2.45, 2.75) is 0 Å². The lowest BCUT2D eigenvalue weighted by molar-refractivity contribution is 0.668. The highest BCUT2D eigenvalue weighted by Crippen LogP contribution is 2.43. The lowest BCUT2D eigenvalue weighted by Crippen LogP contribution is -2.00. The highest BCUT2D eigenvalue weighted by atomic mass is 16.3. The van der Waals surface area contributed by atoms with Crippen LogP contribution in [0.5, 0.6) is 0 Å². The van der Waals surface area contributed by atoms with E-state index in [1.807, 2.05) is 103 Å². The van der Waals surface area contributed by atoms with Crippen LogP contribution in [0.15, 0.2) is 197 Å². The van der Waals surface area contributed by atoms with Crippen molar-refractivity contribution in [1.82, 2.24) is 24.3 Å². The number of benzene rings is 7. The second kappa shape index (κ2) is 13.2. The highest BCUT2D eigenvalue weighted by Gasteiger charge is 2.22. The first kappa shape index (κ1) is 33.0. The van der Waals surface area contributed by atoms with Gasteiger partial charge in [0, 0.05) is 55.6 Å². The molecule has 0 atom stereocenters. The quantitative estimate of drug-likeness (QED) is 0.168. The smallest absolute Gasteiger partial charge is 0.164 e. The third-order valence-electron chi connectivity index (χ3n) is 11.1. The van der Waals surface area contributed by atoms with Crippen LogP contribution < -0.4 is 0 Å². The maximum Gasteiger partial charge on any atom is 0.164 e. The van der Waals surface area contributed by atoms with Gasteiger partial charge in [0.1, 0.15) is 28.0 Å². The van der Waals surface area contributed by atoms with Crippen molar-refractivity contribution in [3.8, 4) is 67.8 Å². The molecule has 12 rings (SSSR count). The average Bonchev–Trinajstić information content (AvgIpc) is 4.01. The molecule has 0 aliphatic carbocycles. The Hall–Kier alpha value is -8.16. The van der Waals surface area contributed by atoms with E-state index in [4.69, 9.17) is 28.8 Å². The minimum atomic E-state index is 0.582. The van der Waals surface area contributed by atoms with Gasteiger partial charge in [-0.15, -0.1) is 0 Å². The van der Waals surface area contributed by atoms with E-state index in [2.05, 4.69) is 89.5 Å². The minimum absolute atomic E-state index is 0.582. The Balaban J connectivity index is 1.02. The molecule has 0 unspecified atom stereocenters. The van der Waals surface area contributed by atoms with Crippen LogP contribution in [0, 0.1) is 0 Å². The van der Waals surface area contributed by atoms with Gasteiger partial charge in [0.2, 0.25) is 0 Å². The van der Waals surface area contributed by atoms with Crippen molar-refractivity contribution in [2.24, 2.45) is 0 Å². The topological polar surface area (TPSA) is 82.2 Å². The largest absolute Gasteiger partial charge is 0.456 e. The molecule has 12 aromatic rings. The molecule has 0 N–H and O–H groups in total. The molecule has 0 fully saturated rings. The summed E-state index contributed by atoms with van der Waals surface area (Å²) in [5, 5.41) is 4.08. The number of pyridine rings is 1. The Morgan fingerprint density at radius 1 is 0.356 bits per heavy atom. The molecule has 0 saturated heterocycles. The van der Waals surface area contributed by atoms with Crippen LogP contribution in [0.3, 0.4) is 0 Å². The summed E-state index contributed by atoms with van der Waals surface area (Å²) in [6.45, 7) is 0. The molecule has 7 aromatic carbocycles. The van der Waals surface area contributed by atoms with Crippen LogP contribution in [-0.4, -0.2) is 24.3 Å². The highest BCUT2D eigenvalue weighted by molar-refractivity contribution is 6.14. The molecule has 7 heteroatoms. The number of hydrogen-bond donors (Lipinski definition) is 0. The first-order valence-electron chi connectivity index (χ1n) is 19.5. The van der Waals surface area contributed by atoms with E-state index in [0.717, 1.165) is 99.9 Å². The fourth-order valence-corrected chi connectivity index (χ4v) is 8.39. The van der Waals surface area contributed by atoms with Crippen molar-refractivity contribution in [3.63, 3.8) is 0 Å². The molecule has 0 spiro atoms. The van der Waals surface area contributed by atoms with Crippen LogP contribution >= 0.6 is 0 Å². The summed E-state index contributed by atoms with van der Waals surface area (Å²) >= 11 is 0. The van der Waals surface area contributed by atoms with E-state index in [0.29, 0.717) is 17.5 Å². The standard InChI is InChI=1S/C52H31N5O2/c1-3-14-32(15-4-1)50-54-51(33-16-5-2-6-17-33)56-52(55-50)39-22-13-25-44-47(39)40-31-35(27-28-42(40)59-44)34-18-11-19-36(30-34)48-49(57-29-10-9-26-45(57)53-48)38-21-12-24-43-46(38)37-20-7-8-23-41(37)58-43/h1-31H. The van der Waals surface area contributed by atoms with Crippen molar-refractivity contribution in [1.29, 1.82) is 0 Å². The van der Waals surface area contributed by atoms with Gasteiger partial charge in [-0.25, -0.2) is 19.9 Å². The molecule has 0 radical (unpaired) electrons. The van der Waals surface area contributed by atoms with Crippen LogP contribution in [0.1, 0.15) is 0 Å². The summed E-state index contributed by atoms with van der Waals surface area (Å²) in [4.78, 5) is 20.3. The summed E-state index contributed by atoms with van der Waals surface area (Å²) < 4.78 is 15.0. The molecule has 59 heavy (non-hydrogen) atoms. The Kier molecular flexibility index (Phi) is 7.40.